The van der Waals surface area contributed by atoms with Crippen LogP contribution in [0.3, 0.4) is 0 Å². The summed E-state index contributed by atoms with van der Waals surface area (Å²) in [4.78, 5) is 38.5. The summed E-state index contributed by atoms with van der Waals surface area (Å²) >= 11 is 0. The number of ketones is 1. The van der Waals surface area contributed by atoms with Crippen molar-refractivity contribution in [2.75, 3.05) is 19.4 Å². The number of carbonyl (C=O) groups excluding carboxylic acids is 2. The number of hydrogen-bond acceptors (Lipinski definition) is 8. The molecule has 0 aliphatic carbocycles. The average Bonchev–Trinajstić information content (AvgIpc) is 2.67. The molecule has 0 saturated carbocycles. The Kier molecular flexibility index (Phi) is 5.68. The van der Waals surface area contributed by atoms with Gasteiger partial charge < -0.3 is 16.2 Å². The molecule has 0 saturated heterocycles. The van der Waals surface area contributed by atoms with Gasteiger partial charge in [-0.3, -0.25) is 14.5 Å². The molecule has 0 spiro atoms. The Morgan fingerprint density at radius 1 is 1.37 bits per heavy atom. The standard InChI is InChI=1S/C20H23FN6O3/c1-4-30-15-10-24-17(18(22)25-15)14(28)8-11-5-6-13(21)12(7-11)20(2)9-16(29)27(3)19(23)26-20/h5-7,10H,4,8-9H2,1-3H3,(H2,22,25)(H2,23,26). The quantitative estimate of drug-likeness (QED) is 0.682. The van der Waals surface area contributed by atoms with Crippen LogP contribution in [0, 0.1) is 5.82 Å². The van der Waals surface area contributed by atoms with Gasteiger partial charge in [-0.15, -0.1) is 0 Å². The number of nitrogen functional groups attached to an aromatic ring is 1. The molecule has 0 radical (unpaired) electrons. The van der Waals surface area contributed by atoms with E-state index in [0.29, 0.717) is 12.2 Å². The van der Waals surface area contributed by atoms with Crippen LogP contribution in [-0.4, -0.2) is 46.2 Å². The van der Waals surface area contributed by atoms with Crippen LogP contribution < -0.4 is 16.2 Å². The minimum absolute atomic E-state index is 0.00654. The molecule has 2 aromatic rings. The Hall–Kier alpha value is -3.56. The van der Waals surface area contributed by atoms with E-state index in [1.807, 2.05) is 0 Å². The third-order valence-electron chi connectivity index (χ3n) is 4.88. The van der Waals surface area contributed by atoms with Crippen LogP contribution in [-0.2, 0) is 16.8 Å². The van der Waals surface area contributed by atoms with E-state index in [-0.39, 0.29) is 53.4 Å². The van der Waals surface area contributed by atoms with Crippen molar-refractivity contribution in [2.24, 2.45) is 10.7 Å². The third kappa shape index (κ3) is 4.07. The van der Waals surface area contributed by atoms with Crippen LogP contribution >= 0.6 is 0 Å². The molecule has 0 fully saturated rings. The molecule has 30 heavy (non-hydrogen) atoms. The predicted molar refractivity (Wildman–Crippen MR) is 108 cm³/mol. The number of benzene rings is 1. The summed E-state index contributed by atoms with van der Waals surface area (Å²) < 4.78 is 19.8. The van der Waals surface area contributed by atoms with Crippen LogP contribution in [0.5, 0.6) is 5.88 Å². The van der Waals surface area contributed by atoms with Gasteiger partial charge in [-0.2, -0.15) is 4.98 Å². The van der Waals surface area contributed by atoms with Gasteiger partial charge in [0.2, 0.25) is 11.8 Å². The van der Waals surface area contributed by atoms with Crippen LogP contribution in [0.25, 0.3) is 0 Å². The number of nitrogens with zero attached hydrogens (tertiary/aromatic N) is 4. The zero-order valence-electron chi connectivity index (χ0n) is 17.0. The first-order chi connectivity index (χ1) is 14.1. The van der Waals surface area contributed by atoms with Gasteiger partial charge >= 0.3 is 0 Å². The first kappa shape index (κ1) is 21.2. The van der Waals surface area contributed by atoms with E-state index < -0.39 is 11.4 Å². The van der Waals surface area contributed by atoms with Crippen molar-refractivity contribution in [3.63, 3.8) is 0 Å². The Morgan fingerprint density at radius 3 is 2.73 bits per heavy atom. The van der Waals surface area contributed by atoms with E-state index in [0.717, 1.165) is 0 Å². The molecule has 1 aliphatic rings. The second-order valence-electron chi connectivity index (χ2n) is 7.16. The number of guanidine groups is 1. The van der Waals surface area contributed by atoms with Gasteiger partial charge in [0.1, 0.15) is 11.5 Å². The molecule has 158 valence electrons. The Bertz CT molecular complexity index is 1040. The van der Waals surface area contributed by atoms with E-state index in [4.69, 9.17) is 16.2 Å². The van der Waals surface area contributed by atoms with Gasteiger partial charge in [-0.1, -0.05) is 6.07 Å². The summed E-state index contributed by atoms with van der Waals surface area (Å²) in [6.45, 7) is 3.81. The lowest BCUT2D eigenvalue weighted by Crippen LogP contribution is -2.47. The SMILES string of the molecule is CCOc1cnc(C(=O)Cc2ccc(F)c(C3(C)CC(=O)N(C)C(N)=N3)c2)c(N)n1. The van der Waals surface area contributed by atoms with E-state index >= 15 is 0 Å². The fourth-order valence-electron chi connectivity index (χ4n) is 3.25. The molecule has 4 N–H and O–H groups in total. The highest BCUT2D eigenvalue weighted by molar-refractivity contribution is 6.00. The molecule has 1 aromatic heterocycles. The number of rotatable bonds is 6. The first-order valence-corrected chi connectivity index (χ1v) is 9.34. The fourth-order valence-corrected chi connectivity index (χ4v) is 3.25. The van der Waals surface area contributed by atoms with Crippen molar-refractivity contribution in [3.05, 3.63) is 47.0 Å². The predicted octanol–water partition coefficient (Wildman–Crippen LogP) is 1.41. The zero-order valence-corrected chi connectivity index (χ0v) is 17.0. The number of hydrogen-bond donors (Lipinski definition) is 2. The highest BCUT2D eigenvalue weighted by Gasteiger charge is 2.38. The molecule has 0 bridgehead atoms. The van der Waals surface area contributed by atoms with E-state index in [1.165, 1.54) is 36.3 Å². The topological polar surface area (TPSA) is 137 Å². The number of halogens is 1. The number of aliphatic imine (C=N–C) groups is 1. The van der Waals surface area contributed by atoms with Crippen molar-refractivity contribution < 1.29 is 18.7 Å². The van der Waals surface area contributed by atoms with Crippen LogP contribution in [0.15, 0.2) is 29.4 Å². The lowest BCUT2D eigenvalue weighted by Gasteiger charge is -2.34. The molecule has 9 nitrogen and oxygen atoms in total. The van der Waals surface area contributed by atoms with Gasteiger partial charge in [-0.25, -0.2) is 14.4 Å². The molecule has 1 aromatic carbocycles. The molecule has 1 aliphatic heterocycles. The zero-order chi connectivity index (χ0) is 22.1. The third-order valence-corrected chi connectivity index (χ3v) is 4.88. The molecule has 3 rings (SSSR count). The number of amides is 1. The number of carbonyl (C=O) groups is 2. The summed E-state index contributed by atoms with van der Waals surface area (Å²) in [5.74, 6) is -1.00. The Morgan fingerprint density at radius 2 is 2.10 bits per heavy atom. The van der Waals surface area contributed by atoms with Crippen molar-refractivity contribution in [3.8, 4) is 5.88 Å². The molecule has 1 amide bonds. The fraction of sp³-hybridized carbons (Fsp3) is 0.350. The first-order valence-electron chi connectivity index (χ1n) is 9.34. The summed E-state index contributed by atoms with van der Waals surface area (Å²) in [6.07, 6.45) is 1.20. The summed E-state index contributed by atoms with van der Waals surface area (Å²) in [7, 11) is 1.51. The van der Waals surface area contributed by atoms with E-state index in [1.54, 1.807) is 13.8 Å². The maximum Gasteiger partial charge on any atom is 0.234 e. The second kappa shape index (κ2) is 8.05. The molecule has 1 unspecified atom stereocenters. The molecular formula is C20H23FN6O3. The average molecular weight is 414 g/mol. The highest BCUT2D eigenvalue weighted by Crippen LogP contribution is 2.35. The van der Waals surface area contributed by atoms with Crippen molar-refractivity contribution >= 4 is 23.5 Å². The number of aromatic nitrogens is 2. The number of Topliss-reactive ketones (excluding diaryl/α,β-unsaturated/α-hetero) is 1. The second-order valence-corrected chi connectivity index (χ2v) is 7.16. The number of ether oxygens (including phenoxy) is 1. The largest absolute Gasteiger partial charge is 0.477 e. The maximum atomic E-state index is 14.6. The Labute approximate surface area is 173 Å². The normalized spacial score (nSPS) is 18.9. The number of nitrogens with two attached hydrogens (primary N) is 2. The van der Waals surface area contributed by atoms with Crippen LogP contribution in [0.1, 0.15) is 41.9 Å². The van der Waals surface area contributed by atoms with Gasteiger partial charge in [0.25, 0.3) is 0 Å². The smallest absolute Gasteiger partial charge is 0.234 e. The van der Waals surface area contributed by atoms with Crippen molar-refractivity contribution in [2.45, 2.75) is 32.2 Å². The minimum Gasteiger partial charge on any atom is -0.477 e. The van der Waals surface area contributed by atoms with E-state index in [9.17, 15) is 14.0 Å². The Balaban J connectivity index is 1.89. The highest BCUT2D eigenvalue weighted by atomic mass is 19.1. The monoisotopic (exact) mass is 414 g/mol. The van der Waals surface area contributed by atoms with Gasteiger partial charge in [0.05, 0.1) is 24.8 Å². The lowest BCUT2D eigenvalue weighted by atomic mass is 9.85. The molecular weight excluding hydrogens is 391 g/mol. The van der Waals surface area contributed by atoms with Crippen LogP contribution in [0.2, 0.25) is 0 Å². The van der Waals surface area contributed by atoms with Crippen LogP contribution in [0.4, 0.5) is 10.2 Å². The van der Waals surface area contributed by atoms with Gasteiger partial charge in [0, 0.05) is 19.0 Å². The summed E-state index contributed by atoms with van der Waals surface area (Å²) in [5, 5.41) is 0. The maximum absolute atomic E-state index is 14.6. The number of anilines is 1. The van der Waals surface area contributed by atoms with Gasteiger partial charge in [-0.05, 0) is 31.5 Å². The molecule has 1 atom stereocenters. The van der Waals surface area contributed by atoms with Crippen molar-refractivity contribution in [1.82, 2.24) is 14.9 Å². The molecule has 10 heteroatoms. The molecule has 2 heterocycles. The summed E-state index contributed by atoms with van der Waals surface area (Å²) in [6, 6.07) is 4.24. The lowest BCUT2D eigenvalue weighted by molar-refractivity contribution is -0.128. The van der Waals surface area contributed by atoms with E-state index in [2.05, 4.69) is 15.0 Å². The van der Waals surface area contributed by atoms with Crippen molar-refractivity contribution in [1.29, 1.82) is 0 Å². The minimum atomic E-state index is -1.17. The van der Waals surface area contributed by atoms with Gasteiger partial charge in [0.15, 0.2) is 17.6 Å². The summed E-state index contributed by atoms with van der Waals surface area (Å²) in [5.41, 5.74) is 11.2.